The van der Waals surface area contributed by atoms with E-state index >= 15 is 0 Å². The summed E-state index contributed by atoms with van der Waals surface area (Å²) in [6.45, 7) is 2.86. The maximum atomic E-state index is 11.8. The highest BCUT2D eigenvalue weighted by molar-refractivity contribution is 5.83. The molecule has 0 radical (unpaired) electrons. The Morgan fingerprint density at radius 3 is 2.33 bits per heavy atom. The monoisotopic (exact) mass is 260 g/mol. The molecule has 0 saturated heterocycles. The number of hydrogen-bond donors (Lipinski definition) is 2. The molecule has 1 saturated carbocycles. The number of rotatable bonds is 5. The highest BCUT2D eigenvalue weighted by atomic mass is 16.6. The van der Waals surface area contributed by atoms with E-state index in [1.807, 2.05) is 0 Å². The van der Waals surface area contributed by atoms with Gasteiger partial charge in [0.25, 0.3) is 0 Å². The van der Waals surface area contributed by atoms with E-state index in [0.29, 0.717) is 6.29 Å². The third-order valence-electron chi connectivity index (χ3n) is 4.37. The molecule has 0 bridgehead atoms. The van der Waals surface area contributed by atoms with Gasteiger partial charge in [0.1, 0.15) is 6.29 Å². The molecule has 6 heteroatoms. The molecule has 5 atom stereocenters. The molecule has 0 heterocycles. The molecule has 0 aliphatic heterocycles. The van der Waals surface area contributed by atoms with E-state index in [1.165, 1.54) is 14.2 Å². The molecule has 0 aromatic heterocycles. The molecule has 0 amide bonds. The topological polar surface area (TPSA) is 93.1 Å². The van der Waals surface area contributed by atoms with Gasteiger partial charge in [-0.15, -0.1) is 0 Å². The number of carbonyl (C=O) groups excluding carboxylic acids is 2. The number of carbonyl (C=O) groups is 2. The lowest BCUT2D eigenvalue weighted by Gasteiger charge is -2.63. The quantitative estimate of drug-likeness (QED) is 0.396. The van der Waals surface area contributed by atoms with Gasteiger partial charge in [-0.05, 0) is 0 Å². The maximum absolute atomic E-state index is 11.8. The van der Waals surface area contributed by atoms with Crippen LogP contribution in [0.1, 0.15) is 13.8 Å². The summed E-state index contributed by atoms with van der Waals surface area (Å²) in [5, 5.41) is 19.4. The van der Waals surface area contributed by atoms with Gasteiger partial charge in [0.15, 0.2) is 6.29 Å². The van der Waals surface area contributed by atoms with Gasteiger partial charge in [-0.3, -0.25) is 4.79 Å². The molecule has 0 aromatic carbocycles. The van der Waals surface area contributed by atoms with Crippen LogP contribution >= 0.6 is 0 Å². The van der Waals surface area contributed by atoms with Crippen LogP contribution in [0.5, 0.6) is 0 Å². The largest absolute Gasteiger partial charge is 0.469 e. The van der Waals surface area contributed by atoms with Gasteiger partial charge in [-0.1, -0.05) is 13.8 Å². The molecule has 1 aliphatic carbocycles. The van der Waals surface area contributed by atoms with Crippen molar-refractivity contribution < 1.29 is 29.3 Å². The molecule has 104 valence electrons. The highest BCUT2D eigenvalue weighted by Gasteiger charge is 2.72. The van der Waals surface area contributed by atoms with E-state index in [9.17, 15) is 19.8 Å². The van der Waals surface area contributed by atoms with Gasteiger partial charge in [0.05, 0.1) is 13.0 Å². The van der Waals surface area contributed by atoms with Crippen molar-refractivity contribution in [1.82, 2.24) is 0 Å². The van der Waals surface area contributed by atoms with Crippen LogP contribution < -0.4 is 0 Å². The zero-order chi connectivity index (χ0) is 14.1. The van der Waals surface area contributed by atoms with Gasteiger partial charge in [-0.2, -0.15) is 0 Å². The molecule has 6 nitrogen and oxygen atoms in total. The van der Waals surface area contributed by atoms with Crippen molar-refractivity contribution in [2.45, 2.75) is 20.1 Å². The summed E-state index contributed by atoms with van der Waals surface area (Å²) in [6.07, 6.45) is -0.619. The summed E-state index contributed by atoms with van der Waals surface area (Å²) in [4.78, 5) is 23.1. The lowest BCUT2D eigenvalue weighted by atomic mass is 9.40. The fourth-order valence-corrected chi connectivity index (χ4v) is 3.38. The standard InChI is InChI=1S/C12H20O6/c1-11(6-14)7(5-13)12(2,10(16)18-4)8(11)9(15)17-3/h6-8,10,13,16H,5H2,1-4H3. The van der Waals surface area contributed by atoms with Crippen molar-refractivity contribution in [3.8, 4) is 0 Å². The van der Waals surface area contributed by atoms with Crippen molar-refractivity contribution in [1.29, 1.82) is 0 Å². The minimum absolute atomic E-state index is 0.320. The fraction of sp³-hybridized carbons (Fsp3) is 0.833. The first-order valence-electron chi connectivity index (χ1n) is 5.70. The summed E-state index contributed by atoms with van der Waals surface area (Å²) >= 11 is 0. The van der Waals surface area contributed by atoms with Gasteiger partial charge >= 0.3 is 5.97 Å². The van der Waals surface area contributed by atoms with Crippen LogP contribution in [0.3, 0.4) is 0 Å². The number of esters is 1. The molecule has 5 unspecified atom stereocenters. The Bertz CT molecular complexity index is 343. The minimum Gasteiger partial charge on any atom is -0.469 e. The van der Waals surface area contributed by atoms with E-state index in [1.54, 1.807) is 13.8 Å². The van der Waals surface area contributed by atoms with E-state index in [2.05, 4.69) is 4.74 Å². The van der Waals surface area contributed by atoms with Crippen molar-refractivity contribution >= 4 is 12.3 Å². The lowest BCUT2D eigenvalue weighted by molar-refractivity contribution is -0.286. The number of aliphatic hydroxyl groups is 2. The van der Waals surface area contributed by atoms with E-state index in [-0.39, 0.29) is 6.61 Å². The Morgan fingerprint density at radius 2 is 2.00 bits per heavy atom. The van der Waals surface area contributed by atoms with Gasteiger partial charge in [0, 0.05) is 30.5 Å². The number of hydrogen-bond acceptors (Lipinski definition) is 6. The maximum Gasteiger partial charge on any atom is 0.310 e. The second kappa shape index (κ2) is 4.95. The van der Waals surface area contributed by atoms with Gasteiger partial charge in [-0.25, -0.2) is 0 Å². The Morgan fingerprint density at radius 1 is 1.44 bits per heavy atom. The third kappa shape index (κ3) is 1.67. The first-order valence-corrected chi connectivity index (χ1v) is 5.70. The van der Waals surface area contributed by atoms with Crippen molar-refractivity contribution in [3.63, 3.8) is 0 Å². The predicted octanol–water partition coefficient (Wildman–Crippen LogP) is -0.426. The van der Waals surface area contributed by atoms with Gasteiger partial charge in [0.2, 0.25) is 0 Å². The smallest absolute Gasteiger partial charge is 0.310 e. The van der Waals surface area contributed by atoms with Gasteiger partial charge < -0.3 is 24.5 Å². The Hall–Kier alpha value is -0.980. The molecule has 0 aromatic rings. The zero-order valence-electron chi connectivity index (χ0n) is 11.0. The second-order valence-corrected chi connectivity index (χ2v) is 5.13. The fourth-order valence-electron chi connectivity index (χ4n) is 3.38. The molecule has 18 heavy (non-hydrogen) atoms. The Kier molecular flexibility index (Phi) is 4.15. The minimum atomic E-state index is -1.26. The van der Waals surface area contributed by atoms with E-state index in [4.69, 9.17) is 4.74 Å². The third-order valence-corrected chi connectivity index (χ3v) is 4.37. The predicted molar refractivity (Wildman–Crippen MR) is 61.4 cm³/mol. The van der Waals surface area contributed by atoms with Crippen molar-refractivity contribution in [2.24, 2.45) is 22.7 Å². The van der Waals surface area contributed by atoms with Crippen LogP contribution in [0.15, 0.2) is 0 Å². The van der Waals surface area contributed by atoms with E-state index in [0.717, 1.165) is 0 Å². The van der Waals surface area contributed by atoms with Crippen molar-refractivity contribution in [3.05, 3.63) is 0 Å². The average molecular weight is 260 g/mol. The number of aldehydes is 1. The summed E-state index contributed by atoms with van der Waals surface area (Å²) in [5.41, 5.74) is -2.11. The molecule has 1 aliphatic rings. The number of aliphatic hydroxyl groups excluding tert-OH is 2. The Labute approximate surface area is 106 Å². The normalized spacial score (nSPS) is 40.8. The molecule has 1 fully saturated rings. The molecular weight excluding hydrogens is 240 g/mol. The van der Waals surface area contributed by atoms with Crippen LogP contribution in [-0.2, 0) is 19.1 Å². The first kappa shape index (κ1) is 15.1. The van der Waals surface area contributed by atoms with Crippen LogP contribution in [0.2, 0.25) is 0 Å². The zero-order valence-corrected chi connectivity index (χ0v) is 11.0. The number of ether oxygens (including phenoxy) is 2. The summed E-state index contributed by atoms with van der Waals surface area (Å²) in [5.74, 6) is -2.01. The summed E-state index contributed by atoms with van der Waals surface area (Å²) in [6, 6.07) is 0. The molecular formula is C12H20O6. The van der Waals surface area contributed by atoms with Crippen LogP contribution in [0.4, 0.5) is 0 Å². The SMILES string of the molecule is COC(=O)C1C(C)(C=O)C(CO)C1(C)C(O)OC. The second-order valence-electron chi connectivity index (χ2n) is 5.13. The highest BCUT2D eigenvalue weighted by Crippen LogP contribution is 2.64. The first-order chi connectivity index (χ1) is 8.34. The average Bonchev–Trinajstić information content (AvgIpc) is 2.37. The van der Waals surface area contributed by atoms with Crippen LogP contribution in [0, 0.1) is 22.7 Å². The summed E-state index contributed by atoms with van der Waals surface area (Å²) in [7, 11) is 2.52. The van der Waals surface area contributed by atoms with Crippen molar-refractivity contribution in [2.75, 3.05) is 20.8 Å². The lowest BCUT2D eigenvalue weighted by Crippen LogP contribution is -2.71. The van der Waals surface area contributed by atoms with Crippen LogP contribution in [-0.4, -0.2) is 49.6 Å². The molecule has 1 rings (SSSR count). The Balaban J connectivity index is 3.22. The summed E-state index contributed by atoms with van der Waals surface area (Å²) < 4.78 is 9.56. The van der Waals surface area contributed by atoms with Crippen LogP contribution in [0.25, 0.3) is 0 Å². The molecule has 0 spiro atoms. The van der Waals surface area contributed by atoms with E-state index < -0.39 is 34.9 Å². The number of methoxy groups -OCH3 is 2. The molecule has 2 N–H and O–H groups in total.